The van der Waals surface area contributed by atoms with Crippen molar-refractivity contribution < 1.29 is 9.47 Å². The predicted octanol–water partition coefficient (Wildman–Crippen LogP) is 6.29. The molecule has 0 N–H and O–H groups in total. The first-order chi connectivity index (χ1) is 14.6. The van der Waals surface area contributed by atoms with Crippen molar-refractivity contribution in [3.05, 3.63) is 94.0 Å². The second-order valence-corrected chi connectivity index (χ2v) is 8.10. The van der Waals surface area contributed by atoms with Crippen molar-refractivity contribution in [1.82, 2.24) is 5.01 Å². The van der Waals surface area contributed by atoms with Crippen LogP contribution in [0.4, 0.5) is 0 Å². The van der Waals surface area contributed by atoms with Crippen molar-refractivity contribution in [1.29, 1.82) is 0 Å². The van der Waals surface area contributed by atoms with Gasteiger partial charge < -0.3 is 9.47 Å². The zero-order valence-corrected chi connectivity index (χ0v) is 17.8. The molecule has 2 aliphatic rings. The fourth-order valence-corrected chi connectivity index (χ4v) is 4.27. The van der Waals surface area contributed by atoms with E-state index in [-0.39, 0.29) is 12.3 Å². The summed E-state index contributed by atoms with van der Waals surface area (Å²) in [5.74, 6) is 1.74. The summed E-state index contributed by atoms with van der Waals surface area (Å²) in [4.78, 5) is 0. The van der Waals surface area contributed by atoms with E-state index in [0.29, 0.717) is 11.6 Å². The molecule has 0 aliphatic carbocycles. The van der Waals surface area contributed by atoms with Gasteiger partial charge in [-0.05, 0) is 61.9 Å². The minimum absolute atomic E-state index is 0.0836. The monoisotopic (exact) mass is 418 g/mol. The molecule has 5 rings (SSSR count). The zero-order valence-electron chi connectivity index (χ0n) is 17.0. The number of hydrogen-bond donors (Lipinski definition) is 0. The van der Waals surface area contributed by atoms with E-state index in [0.717, 1.165) is 40.3 Å². The Balaban J connectivity index is 1.54. The molecular weight excluding hydrogens is 396 g/mol. The quantitative estimate of drug-likeness (QED) is 0.499. The van der Waals surface area contributed by atoms with E-state index in [9.17, 15) is 0 Å². The summed E-state index contributed by atoms with van der Waals surface area (Å²) < 4.78 is 12.0. The van der Waals surface area contributed by atoms with E-state index in [4.69, 9.17) is 26.2 Å². The Morgan fingerprint density at radius 3 is 2.57 bits per heavy atom. The topological polar surface area (TPSA) is 34.1 Å². The highest BCUT2D eigenvalue weighted by Gasteiger charge is 2.41. The van der Waals surface area contributed by atoms with Gasteiger partial charge in [-0.2, -0.15) is 5.10 Å². The van der Waals surface area contributed by atoms with Crippen LogP contribution in [0.1, 0.15) is 47.9 Å². The number of hydrogen-bond acceptors (Lipinski definition) is 4. The maximum Gasteiger partial charge on any atom is 0.213 e. The molecule has 5 heteroatoms. The van der Waals surface area contributed by atoms with Gasteiger partial charge in [-0.15, -0.1) is 0 Å². The van der Waals surface area contributed by atoms with E-state index >= 15 is 0 Å². The van der Waals surface area contributed by atoms with Crippen molar-refractivity contribution in [2.45, 2.75) is 32.5 Å². The highest BCUT2D eigenvalue weighted by Crippen LogP contribution is 2.48. The van der Waals surface area contributed by atoms with Gasteiger partial charge in [0.05, 0.1) is 18.4 Å². The Labute approximate surface area is 181 Å². The molecule has 2 aliphatic heterocycles. The Hall–Kier alpha value is -2.98. The minimum atomic E-state index is -0.274. The summed E-state index contributed by atoms with van der Waals surface area (Å²) in [6.07, 6.45) is 0.525. The lowest BCUT2D eigenvalue weighted by atomic mass is 9.96. The SMILES string of the molecule is CCOc1ccc(C2=NN3[C@H](C2)c2cc(Cl)ccc2O[C@H]3c2ccc(C)cc2)cc1. The number of halogens is 1. The summed E-state index contributed by atoms with van der Waals surface area (Å²) in [6.45, 7) is 4.73. The summed E-state index contributed by atoms with van der Waals surface area (Å²) in [5, 5.41) is 7.79. The average molecular weight is 419 g/mol. The number of aryl methyl sites for hydroxylation is 1. The van der Waals surface area contributed by atoms with Gasteiger partial charge in [0.25, 0.3) is 0 Å². The summed E-state index contributed by atoms with van der Waals surface area (Å²) in [6, 6.07) is 22.5. The van der Waals surface area contributed by atoms with Crippen LogP contribution in [0.2, 0.25) is 5.02 Å². The molecule has 0 saturated heterocycles. The Bertz CT molecular complexity index is 1090. The van der Waals surface area contributed by atoms with E-state index in [1.165, 1.54) is 5.56 Å². The van der Waals surface area contributed by atoms with Crippen LogP contribution in [0.25, 0.3) is 0 Å². The molecule has 30 heavy (non-hydrogen) atoms. The molecule has 2 heterocycles. The molecule has 0 amide bonds. The van der Waals surface area contributed by atoms with E-state index in [1.54, 1.807) is 0 Å². The van der Waals surface area contributed by atoms with Crippen LogP contribution in [0, 0.1) is 6.92 Å². The van der Waals surface area contributed by atoms with Gasteiger partial charge in [0.2, 0.25) is 6.23 Å². The first-order valence-electron chi connectivity index (χ1n) is 10.2. The summed E-state index contributed by atoms with van der Waals surface area (Å²) in [5.41, 5.74) is 5.52. The smallest absolute Gasteiger partial charge is 0.213 e. The number of hydrazone groups is 1. The van der Waals surface area contributed by atoms with Gasteiger partial charge in [-0.3, -0.25) is 0 Å². The molecule has 3 aromatic rings. The average Bonchev–Trinajstić information content (AvgIpc) is 3.21. The largest absolute Gasteiger partial charge is 0.494 e. The van der Waals surface area contributed by atoms with Gasteiger partial charge in [-0.25, -0.2) is 5.01 Å². The highest BCUT2D eigenvalue weighted by atomic mass is 35.5. The second-order valence-electron chi connectivity index (χ2n) is 7.67. The van der Waals surface area contributed by atoms with Crippen LogP contribution in [0.15, 0.2) is 71.8 Å². The molecule has 0 unspecified atom stereocenters. The van der Waals surface area contributed by atoms with Gasteiger partial charge >= 0.3 is 0 Å². The predicted molar refractivity (Wildman–Crippen MR) is 119 cm³/mol. The van der Waals surface area contributed by atoms with Crippen molar-refractivity contribution in [2.24, 2.45) is 5.10 Å². The van der Waals surface area contributed by atoms with E-state index < -0.39 is 0 Å². The first-order valence-corrected chi connectivity index (χ1v) is 10.6. The van der Waals surface area contributed by atoms with Crippen molar-refractivity contribution in [3.8, 4) is 11.5 Å². The Morgan fingerprint density at radius 1 is 1.07 bits per heavy atom. The lowest BCUT2D eigenvalue weighted by Crippen LogP contribution is -2.33. The Kier molecular flexibility index (Phi) is 4.87. The molecule has 0 radical (unpaired) electrons. The second kappa shape index (κ2) is 7.69. The van der Waals surface area contributed by atoms with Crippen molar-refractivity contribution in [3.63, 3.8) is 0 Å². The number of ether oxygens (including phenoxy) is 2. The number of nitrogens with zero attached hydrogens (tertiary/aromatic N) is 2. The molecule has 0 aromatic heterocycles. The number of benzene rings is 3. The summed E-state index contributed by atoms with van der Waals surface area (Å²) in [7, 11) is 0. The van der Waals surface area contributed by atoms with Gasteiger partial charge in [-0.1, -0.05) is 41.4 Å². The van der Waals surface area contributed by atoms with Crippen LogP contribution in [0.3, 0.4) is 0 Å². The molecule has 3 aromatic carbocycles. The molecule has 0 saturated carbocycles. The highest BCUT2D eigenvalue weighted by molar-refractivity contribution is 6.30. The number of fused-ring (bicyclic) bond motifs is 3. The normalized spacial score (nSPS) is 19.6. The van der Waals surface area contributed by atoms with Crippen LogP contribution < -0.4 is 9.47 Å². The van der Waals surface area contributed by atoms with Crippen molar-refractivity contribution >= 4 is 17.3 Å². The zero-order chi connectivity index (χ0) is 20.7. The van der Waals surface area contributed by atoms with Crippen molar-refractivity contribution in [2.75, 3.05) is 6.61 Å². The fourth-order valence-electron chi connectivity index (χ4n) is 4.09. The fraction of sp³-hybridized carbons (Fsp3) is 0.240. The number of rotatable bonds is 4. The van der Waals surface area contributed by atoms with Gasteiger partial charge in [0.15, 0.2) is 0 Å². The minimum Gasteiger partial charge on any atom is -0.494 e. The third kappa shape index (κ3) is 3.41. The Morgan fingerprint density at radius 2 is 1.83 bits per heavy atom. The van der Waals surface area contributed by atoms with E-state index in [2.05, 4.69) is 48.3 Å². The van der Waals surface area contributed by atoms with Crippen LogP contribution >= 0.6 is 11.6 Å². The molecular formula is C25H23ClN2O2. The van der Waals surface area contributed by atoms with Crippen LogP contribution in [0.5, 0.6) is 11.5 Å². The van der Waals surface area contributed by atoms with Crippen LogP contribution in [-0.4, -0.2) is 17.3 Å². The molecule has 0 spiro atoms. The first kappa shape index (κ1) is 19.0. The molecule has 152 valence electrons. The molecule has 2 atom stereocenters. The summed E-state index contributed by atoms with van der Waals surface area (Å²) >= 11 is 6.31. The van der Waals surface area contributed by atoms with Gasteiger partial charge in [0, 0.05) is 22.6 Å². The molecule has 0 fully saturated rings. The molecule has 0 bridgehead atoms. The molecule has 4 nitrogen and oxygen atoms in total. The standard InChI is InChI=1S/C25H23ClN2O2/c1-3-29-20-11-8-17(9-12-20)22-15-23-21-14-19(26)10-13-24(21)30-25(28(23)27-22)18-6-4-16(2)5-7-18/h4-14,23,25H,3,15H2,1-2H3/t23-,25+/m1/s1. The maximum atomic E-state index is 6.40. The third-order valence-corrected chi connectivity index (χ3v) is 5.85. The third-order valence-electron chi connectivity index (χ3n) is 5.61. The van der Waals surface area contributed by atoms with Gasteiger partial charge in [0.1, 0.15) is 11.5 Å². The van der Waals surface area contributed by atoms with E-state index in [1.807, 2.05) is 37.3 Å². The lowest BCUT2D eigenvalue weighted by Gasteiger charge is -2.38. The lowest BCUT2D eigenvalue weighted by molar-refractivity contribution is -0.0190. The maximum absolute atomic E-state index is 6.40. The van der Waals surface area contributed by atoms with Crippen LogP contribution in [-0.2, 0) is 0 Å².